The Morgan fingerprint density at radius 2 is 2.41 bits per heavy atom. The van der Waals surface area contributed by atoms with Crippen molar-refractivity contribution in [3.8, 4) is 0 Å². The molecule has 3 rings (SSSR count). The van der Waals surface area contributed by atoms with Crippen LogP contribution >= 0.6 is 23.1 Å². The molecular weight excluding hydrogens is 252 g/mol. The van der Waals surface area contributed by atoms with Gasteiger partial charge in [0.1, 0.15) is 0 Å². The predicted octanol–water partition coefficient (Wildman–Crippen LogP) is 2.50. The van der Waals surface area contributed by atoms with Crippen molar-refractivity contribution in [3.05, 3.63) is 39.3 Å². The molecule has 0 fully saturated rings. The van der Waals surface area contributed by atoms with Crippen molar-refractivity contribution in [3.63, 3.8) is 0 Å². The summed E-state index contributed by atoms with van der Waals surface area (Å²) in [5, 5.41) is 4.04. The largest absolute Gasteiger partial charge is 0.288 e. The van der Waals surface area contributed by atoms with Crippen LogP contribution in [0.15, 0.2) is 18.5 Å². The summed E-state index contributed by atoms with van der Waals surface area (Å²) >= 11 is 3.59. The van der Waals surface area contributed by atoms with Gasteiger partial charge in [0.05, 0.1) is 16.6 Å². The molecule has 88 valence electrons. The average Bonchev–Trinajstić information content (AvgIpc) is 2.93. The summed E-state index contributed by atoms with van der Waals surface area (Å²) in [6, 6.07) is 2.06. The zero-order valence-corrected chi connectivity index (χ0v) is 11.1. The molecule has 5 heteroatoms. The Morgan fingerprint density at radius 3 is 3.12 bits per heavy atom. The molecule has 2 aromatic rings. The summed E-state index contributed by atoms with van der Waals surface area (Å²) in [5.74, 6) is 2.32. The van der Waals surface area contributed by atoms with Crippen molar-refractivity contribution in [2.45, 2.75) is 12.2 Å². The second kappa shape index (κ2) is 4.31. The van der Waals surface area contributed by atoms with Crippen LogP contribution in [0.25, 0.3) is 0 Å². The molecule has 0 saturated heterocycles. The van der Waals surface area contributed by atoms with Gasteiger partial charge in [0.2, 0.25) is 5.78 Å². The first-order valence-electron chi connectivity index (χ1n) is 5.47. The van der Waals surface area contributed by atoms with Gasteiger partial charge >= 0.3 is 0 Å². The van der Waals surface area contributed by atoms with Crippen molar-refractivity contribution in [2.24, 2.45) is 7.05 Å². The molecule has 0 N–H and O–H groups in total. The Kier molecular flexibility index (Phi) is 2.80. The molecule has 17 heavy (non-hydrogen) atoms. The number of aromatic nitrogens is 2. The van der Waals surface area contributed by atoms with Crippen LogP contribution in [0.1, 0.15) is 25.7 Å². The molecule has 0 saturated carbocycles. The van der Waals surface area contributed by atoms with Gasteiger partial charge in [-0.05, 0) is 23.8 Å². The molecule has 0 bridgehead atoms. The van der Waals surface area contributed by atoms with Crippen LogP contribution in [0.5, 0.6) is 0 Å². The van der Waals surface area contributed by atoms with Gasteiger partial charge in [0.25, 0.3) is 0 Å². The number of thiophene rings is 1. The zero-order valence-electron chi connectivity index (χ0n) is 9.47. The number of carbonyl (C=O) groups is 1. The van der Waals surface area contributed by atoms with Crippen molar-refractivity contribution in [1.29, 1.82) is 0 Å². The van der Waals surface area contributed by atoms with Gasteiger partial charge in [-0.3, -0.25) is 9.48 Å². The molecule has 0 spiro atoms. The molecule has 0 aliphatic carbocycles. The third-order valence-electron chi connectivity index (χ3n) is 2.82. The fourth-order valence-corrected chi connectivity index (χ4v) is 4.27. The Bertz CT molecular complexity index is 547. The molecule has 0 aromatic carbocycles. The SMILES string of the molecule is Cn1cc(C(=O)c2cc3c(s2)CCSC3)cn1. The third-order valence-corrected chi connectivity index (χ3v) is 5.06. The van der Waals surface area contributed by atoms with E-state index in [0.717, 1.165) is 17.1 Å². The van der Waals surface area contributed by atoms with E-state index in [1.165, 1.54) is 16.2 Å². The van der Waals surface area contributed by atoms with Gasteiger partial charge < -0.3 is 0 Å². The number of fused-ring (bicyclic) bond motifs is 1. The summed E-state index contributed by atoms with van der Waals surface area (Å²) in [6.07, 6.45) is 4.51. The number of hydrogen-bond donors (Lipinski definition) is 0. The quantitative estimate of drug-likeness (QED) is 0.782. The standard InChI is InChI=1S/C12H12N2OS2/c1-14-6-9(5-13-14)12(15)11-4-8-7-16-3-2-10(8)17-11/h4-6H,2-3,7H2,1H3. The highest BCUT2D eigenvalue weighted by atomic mass is 32.2. The zero-order chi connectivity index (χ0) is 11.8. The second-order valence-electron chi connectivity index (χ2n) is 4.09. The summed E-state index contributed by atoms with van der Waals surface area (Å²) in [4.78, 5) is 14.5. The fourth-order valence-electron chi connectivity index (χ4n) is 1.94. The lowest BCUT2D eigenvalue weighted by Crippen LogP contribution is -1.97. The maximum Gasteiger partial charge on any atom is 0.206 e. The summed E-state index contributed by atoms with van der Waals surface area (Å²) in [6.45, 7) is 0. The molecule has 3 heterocycles. The van der Waals surface area contributed by atoms with Crippen LogP contribution < -0.4 is 0 Å². The molecule has 2 aromatic heterocycles. The van der Waals surface area contributed by atoms with Gasteiger partial charge in [-0.2, -0.15) is 16.9 Å². The van der Waals surface area contributed by atoms with Crippen LogP contribution in [-0.2, 0) is 19.2 Å². The Balaban J connectivity index is 1.94. The predicted molar refractivity (Wildman–Crippen MR) is 70.8 cm³/mol. The second-order valence-corrected chi connectivity index (χ2v) is 6.34. The number of nitrogens with zero attached hydrogens (tertiary/aromatic N) is 2. The van der Waals surface area contributed by atoms with Crippen LogP contribution in [0, 0.1) is 0 Å². The Morgan fingerprint density at radius 1 is 1.53 bits per heavy atom. The van der Waals surface area contributed by atoms with E-state index < -0.39 is 0 Å². The Labute approximate surface area is 108 Å². The van der Waals surface area contributed by atoms with Crippen molar-refractivity contribution >= 4 is 28.9 Å². The van der Waals surface area contributed by atoms with E-state index in [4.69, 9.17) is 0 Å². The average molecular weight is 264 g/mol. The summed E-state index contributed by atoms with van der Waals surface area (Å²) < 4.78 is 1.66. The molecule has 0 unspecified atom stereocenters. The topological polar surface area (TPSA) is 34.9 Å². The highest BCUT2D eigenvalue weighted by Crippen LogP contribution is 2.32. The number of ketones is 1. The number of hydrogen-bond acceptors (Lipinski definition) is 4. The fraction of sp³-hybridized carbons (Fsp3) is 0.333. The number of thioether (sulfide) groups is 1. The van der Waals surface area contributed by atoms with E-state index in [1.807, 2.05) is 18.8 Å². The third kappa shape index (κ3) is 2.05. The van der Waals surface area contributed by atoms with Crippen molar-refractivity contribution < 1.29 is 4.79 Å². The van der Waals surface area contributed by atoms with Gasteiger partial charge in [-0.15, -0.1) is 11.3 Å². The van der Waals surface area contributed by atoms with E-state index in [2.05, 4.69) is 11.2 Å². The lowest BCUT2D eigenvalue weighted by molar-refractivity contribution is 0.104. The van der Waals surface area contributed by atoms with Gasteiger partial charge in [0, 0.05) is 23.9 Å². The summed E-state index contributed by atoms with van der Waals surface area (Å²) in [7, 11) is 1.83. The minimum atomic E-state index is 0.0995. The van der Waals surface area contributed by atoms with Crippen LogP contribution in [-0.4, -0.2) is 21.3 Å². The van der Waals surface area contributed by atoms with Crippen molar-refractivity contribution in [1.82, 2.24) is 9.78 Å². The monoisotopic (exact) mass is 264 g/mol. The van der Waals surface area contributed by atoms with Gasteiger partial charge in [-0.1, -0.05) is 0 Å². The van der Waals surface area contributed by atoms with Gasteiger partial charge in [-0.25, -0.2) is 0 Å². The summed E-state index contributed by atoms with van der Waals surface area (Å²) in [5.41, 5.74) is 2.03. The molecule has 0 amide bonds. The minimum Gasteiger partial charge on any atom is -0.288 e. The van der Waals surface area contributed by atoms with E-state index in [9.17, 15) is 4.79 Å². The lowest BCUT2D eigenvalue weighted by Gasteiger charge is -2.08. The minimum absolute atomic E-state index is 0.0995. The van der Waals surface area contributed by atoms with E-state index in [-0.39, 0.29) is 5.78 Å². The van der Waals surface area contributed by atoms with E-state index >= 15 is 0 Å². The molecule has 1 aliphatic rings. The van der Waals surface area contributed by atoms with E-state index in [1.54, 1.807) is 28.4 Å². The first-order valence-corrected chi connectivity index (χ1v) is 7.44. The molecule has 1 aliphatic heterocycles. The maximum absolute atomic E-state index is 12.2. The number of aryl methyl sites for hydroxylation is 2. The first kappa shape index (κ1) is 11.0. The Hall–Kier alpha value is -1.07. The molecular formula is C12H12N2OS2. The lowest BCUT2D eigenvalue weighted by atomic mass is 10.1. The molecule has 0 radical (unpaired) electrons. The highest BCUT2D eigenvalue weighted by Gasteiger charge is 2.19. The highest BCUT2D eigenvalue weighted by molar-refractivity contribution is 7.98. The molecule has 0 atom stereocenters. The normalized spacial score (nSPS) is 14.6. The molecule has 3 nitrogen and oxygen atoms in total. The van der Waals surface area contributed by atoms with Crippen LogP contribution in [0.4, 0.5) is 0 Å². The maximum atomic E-state index is 12.2. The van der Waals surface area contributed by atoms with Crippen LogP contribution in [0.2, 0.25) is 0 Å². The van der Waals surface area contributed by atoms with Crippen molar-refractivity contribution in [2.75, 3.05) is 5.75 Å². The smallest absolute Gasteiger partial charge is 0.206 e. The first-order chi connectivity index (χ1) is 8.24. The number of rotatable bonds is 2. The number of carbonyl (C=O) groups excluding carboxylic acids is 1. The van der Waals surface area contributed by atoms with Gasteiger partial charge in [0.15, 0.2) is 0 Å². The van der Waals surface area contributed by atoms with E-state index in [0.29, 0.717) is 5.56 Å². The van der Waals surface area contributed by atoms with Crippen LogP contribution in [0.3, 0.4) is 0 Å².